The van der Waals surface area contributed by atoms with Gasteiger partial charge in [-0.15, -0.1) is 0 Å². The summed E-state index contributed by atoms with van der Waals surface area (Å²) < 4.78 is 11.2. The molecule has 1 aliphatic carbocycles. The predicted molar refractivity (Wildman–Crippen MR) is 87.1 cm³/mol. The van der Waals surface area contributed by atoms with Gasteiger partial charge in [0, 0.05) is 13.0 Å². The first kappa shape index (κ1) is 16.3. The van der Waals surface area contributed by atoms with Crippen molar-refractivity contribution >= 4 is 11.9 Å². The highest BCUT2D eigenvalue weighted by atomic mass is 16.5. The Hall–Kier alpha value is -2.07. The first-order chi connectivity index (χ1) is 10.5. The van der Waals surface area contributed by atoms with Crippen LogP contribution in [0.25, 0.3) is 5.57 Å². The van der Waals surface area contributed by atoms with E-state index in [2.05, 4.69) is 0 Å². The molecule has 118 valence electrons. The SMILES string of the molecule is COC1=CC(C=O)(CN(C)C)CC(OC)=C1c1ccccc1. The van der Waals surface area contributed by atoms with E-state index >= 15 is 0 Å². The highest BCUT2D eigenvalue weighted by molar-refractivity contribution is 5.83. The molecule has 0 saturated heterocycles. The van der Waals surface area contributed by atoms with Gasteiger partial charge in [-0.2, -0.15) is 0 Å². The molecule has 0 saturated carbocycles. The minimum atomic E-state index is -0.627. The summed E-state index contributed by atoms with van der Waals surface area (Å²) in [4.78, 5) is 13.8. The van der Waals surface area contributed by atoms with Crippen LogP contribution in [0.2, 0.25) is 0 Å². The van der Waals surface area contributed by atoms with Crippen LogP contribution in [-0.4, -0.2) is 46.0 Å². The molecule has 4 heteroatoms. The fourth-order valence-electron chi connectivity index (χ4n) is 2.96. The van der Waals surface area contributed by atoms with Gasteiger partial charge in [0.2, 0.25) is 0 Å². The van der Waals surface area contributed by atoms with Gasteiger partial charge in [0.1, 0.15) is 17.8 Å². The number of allylic oxidation sites excluding steroid dienone is 2. The van der Waals surface area contributed by atoms with Gasteiger partial charge in [-0.3, -0.25) is 0 Å². The molecular weight excluding hydrogens is 278 g/mol. The van der Waals surface area contributed by atoms with Crippen molar-refractivity contribution in [1.29, 1.82) is 0 Å². The van der Waals surface area contributed by atoms with Crippen LogP contribution >= 0.6 is 0 Å². The van der Waals surface area contributed by atoms with Crippen molar-refractivity contribution in [2.45, 2.75) is 6.42 Å². The van der Waals surface area contributed by atoms with Crippen molar-refractivity contribution in [3.63, 3.8) is 0 Å². The van der Waals surface area contributed by atoms with Crippen LogP contribution in [0.5, 0.6) is 0 Å². The summed E-state index contributed by atoms with van der Waals surface area (Å²) in [6, 6.07) is 9.95. The topological polar surface area (TPSA) is 38.8 Å². The van der Waals surface area contributed by atoms with E-state index in [0.29, 0.717) is 18.7 Å². The molecule has 0 fully saturated rings. The molecule has 0 bridgehead atoms. The Morgan fingerprint density at radius 1 is 1.18 bits per heavy atom. The number of carbonyl (C=O) groups excluding carboxylic acids is 1. The van der Waals surface area contributed by atoms with Crippen LogP contribution < -0.4 is 0 Å². The minimum Gasteiger partial charge on any atom is -0.500 e. The fraction of sp³-hybridized carbons (Fsp3) is 0.389. The molecule has 0 N–H and O–H groups in total. The van der Waals surface area contributed by atoms with E-state index < -0.39 is 5.41 Å². The van der Waals surface area contributed by atoms with E-state index in [-0.39, 0.29) is 0 Å². The summed E-state index contributed by atoms with van der Waals surface area (Å²) in [5.74, 6) is 1.46. The second-order valence-electron chi connectivity index (χ2n) is 5.85. The van der Waals surface area contributed by atoms with Crippen LogP contribution in [0, 0.1) is 5.41 Å². The second-order valence-corrected chi connectivity index (χ2v) is 5.85. The lowest BCUT2D eigenvalue weighted by Crippen LogP contribution is -2.36. The van der Waals surface area contributed by atoms with Crippen LogP contribution in [0.3, 0.4) is 0 Å². The van der Waals surface area contributed by atoms with E-state index in [1.807, 2.05) is 55.4 Å². The van der Waals surface area contributed by atoms with Crippen molar-refractivity contribution in [2.75, 3.05) is 34.9 Å². The number of hydrogen-bond acceptors (Lipinski definition) is 4. The first-order valence-electron chi connectivity index (χ1n) is 7.26. The van der Waals surface area contributed by atoms with Gasteiger partial charge in [0.15, 0.2) is 0 Å². The smallest absolute Gasteiger partial charge is 0.131 e. The standard InChI is InChI=1S/C18H23NO3/c1-19(2)12-18(13-20)10-15(21-3)17(16(11-18)22-4)14-8-6-5-7-9-14/h5-10,13H,11-12H2,1-4H3. The zero-order valence-corrected chi connectivity index (χ0v) is 13.6. The van der Waals surface area contributed by atoms with Gasteiger partial charge in [-0.05, 0) is 25.7 Å². The molecule has 22 heavy (non-hydrogen) atoms. The molecule has 4 nitrogen and oxygen atoms in total. The normalized spacial score (nSPS) is 21.6. The van der Waals surface area contributed by atoms with Crippen LogP contribution in [0.1, 0.15) is 12.0 Å². The lowest BCUT2D eigenvalue weighted by Gasteiger charge is -2.34. The number of nitrogens with zero attached hydrogens (tertiary/aromatic N) is 1. The molecule has 1 aliphatic rings. The molecular formula is C18H23NO3. The minimum absolute atomic E-state index is 0.530. The molecule has 1 atom stereocenters. The maximum absolute atomic E-state index is 11.8. The van der Waals surface area contributed by atoms with Gasteiger partial charge in [0.05, 0.1) is 25.2 Å². The third-order valence-corrected chi connectivity index (χ3v) is 3.81. The maximum atomic E-state index is 11.8. The van der Waals surface area contributed by atoms with E-state index in [0.717, 1.165) is 23.2 Å². The Kier molecular flexibility index (Phi) is 5.03. The van der Waals surface area contributed by atoms with Crippen molar-refractivity contribution in [3.8, 4) is 0 Å². The second kappa shape index (κ2) is 6.79. The first-order valence-corrected chi connectivity index (χ1v) is 7.26. The number of ether oxygens (including phenoxy) is 2. The lowest BCUT2D eigenvalue weighted by atomic mass is 9.78. The average Bonchev–Trinajstić information content (AvgIpc) is 2.54. The monoisotopic (exact) mass is 301 g/mol. The molecule has 0 aliphatic heterocycles. The fourth-order valence-corrected chi connectivity index (χ4v) is 2.96. The Labute approximate surface area is 132 Å². The molecule has 1 unspecified atom stereocenters. The van der Waals surface area contributed by atoms with Gasteiger partial charge < -0.3 is 19.2 Å². The van der Waals surface area contributed by atoms with Crippen LogP contribution in [0.15, 0.2) is 47.9 Å². The molecule has 1 aromatic carbocycles. The largest absolute Gasteiger partial charge is 0.500 e. The number of benzene rings is 1. The summed E-state index contributed by atoms with van der Waals surface area (Å²) in [7, 11) is 7.17. The van der Waals surface area contributed by atoms with Gasteiger partial charge in [-0.25, -0.2) is 0 Å². The van der Waals surface area contributed by atoms with Gasteiger partial charge >= 0.3 is 0 Å². The lowest BCUT2D eigenvalue weighted by molar-refractivity contribution is -0.115. The number of carbonyl (C=O) groups is 1. The number of methoxy groups -OCH3 is 2. The van der Waals surface area contributed by atoms with E-state index in [1.54, 1.807) is 14.2 Å². The van der Waals surface area contributed by atoms with Gasteiger partial charge in [-0.1, -0.05) is 30.3 Å². The Bertz CT molecular complexity index is 590. The Morgan fingerprint density at radius 2 is 1.86 bits per heavy atom. The summed E-state index contributed by atoms with van der Waals surface area (Å²) in [6.07, 6.45) is 3.44. The highest BCUT2D eigenvalue weighted by Crippen LogP contribution is 2.41. The zero-order valence-electron chi connectivity index (χ0n) is 13.6. The number of aldehydes is 1. The van der Waals surface area contributed by atoms with Gasteiger partial charge in [0.25, 0.3) is 0 Å². The zero-order chi connectivity index (χ0) is 16.2. The van der Waals surface area contributed by atoms with Crippen LogP contribution in [-0.2, 0) is 14.3 Å². The molecule has 0 radical (unpaired) electrons. The summed E-state index contributed by atoms with van der Waals surface area (Å²) in [5, 5.41) is 0. The van der Waals surface area contributed by atoms with Crippen molar-refractivity contribution in [1.82, 2.24) is 4.90 Å². The Balaban J connectivity index is 2.53. The third kappa shape index (κ3) is 3.22. The Morgan fingerprint density at radius 3 is 2.36 bits per heavy atom. The van der Waals surface area contributed by atoms with Crippen molar-refractivity contribution in [2.24, 2.45) is 5.41 Å². The summed E-state index contributed by atoms with van der Waals surface area (Å²) >= 11 is 0. The quantitative estimate of drug-likeness (QED) is 0.757. The summed E-state index contributed by atoms with van der Waals surface area (Å²) in [5.41, 5.74) is 1.32. The molecule has 2 rings (SSSR count). The maximum Gasteiger partial charge on any atom is 0.131 e. The average molecular weight is 301 g/mol. The molecule has 0 spiro atoms. The molecule has 0 heterocycles. The van der Waals surface area contributed by atoms with Crippen molar-refractivity contribution in [3.05, 3.63) is 53.5 Å². The number of rotatable bonds is 6. The molecule has 0 aromatic heterocycles. The summed E-state index contributed by atoms with van der Waals surface area (Å²) in [6.45, 7) is 0.609. The molecule has 1 aromatic rings. The van der Waals surface area contributed by atoms with E-state index in [1.165, 1.54) is 0 Å². The van der Waals surface area contributed by atoms with E-state index in [9.17, 15) is 4.79 Å². The highest BCUT2D eigenvalue weighted by Gasteiger charge is 2.37. The number of hydrogen-bond donors (Lipinski definition) is 0. The van der Waals surface area contributed by atoms with Crippen molar-refractivity contribution < 1.29 is 14.3 Å². The third-order valence-electron chi connectivity index (χ3n) is 3.81. The molecule has 0 amide bonds. The van der Waals surface area contributed by atoms with E-state index in [4.69, 9.17) is 9.47 Å². The van der Waals surface area contributed by atoms with Crippen LogP contribution in [0.4, 0.5) is 0 Å². The predicted octanol–water partition coefficient (Wildman–Crippen LogP) is 2.73.